The minimum absolute atomic E-state index is 0.104. The number of likely N-dealkylation sites (tertiary alicyclic amines) is 1. The molecule has 0 spiro atoms. The number of piperidine rings is 1. The van der Waals surface area contributed by atoms with Gasteiger partial charge in [0.1, 0.15) is 0 Å². The molecule has 0 saturated carbocycles. The minimum Gasteiger partial charge on any atom is -0.504 e. The molecule has 1 saturated heterocycles. The van der Waals surface area contributed by atoms with E-state index in [1.54, 1.807) is 0 Å². The molecule has 11 nitrogen and oxygen atoms in total. The molecule has 7 N–H and O–H groups in total. The smallest absolute Gasteiger partial charge is 0.240 e. The van der Waals surface area contributed by atoms with Gasteiger partial charge in [0.25, 0.3) is 0 Å². The van der Waals surface area contributed by atoms with Crippen LogP contribution in [0.4, 0.5) is 0 Å². The Labute approximate surface area is 201 Å². The topological polar surface area (TPSA) is 180 Å². The number of ether oxygens (including phenoxy) is 2. The Hall–Kier alpha value is -2.93. The van der Waals surface area contributed by atoms with Crippen LogP contribution in [0.1, 0.15) is 34.3 Å². The van der Waals surface area contributed by atoms with Crippen LogP contribution in [-0.4, -0.2) is 85.1 Å². The summed E-state index contributed by atoms with van der Waals surface area (Å²) >= 11 is 0. The molecule has 190 valence electrons. The van der Waals surface area contributed by atoms with Gasteiger partial charge in [-0.05, 0) is 31.5 Å². The van der Waals surface area contributed by atoms with Crippen molar-refractivity contribution in [3.8, 4) is 23.0 Å². The third-order valence-electron chi connectivity index (χ3n) is 7.12. The fraction of sp³-hybridized carbons (Fsp3) is 0.458. The van der Waals surface area contributed by atoms with Gasteiger partial charge in [-0.15, -0.1) is 0 Å². The second kappa shape index (κ2) is 8.63. The number of hydrogen-bond donors (Lipinski definition) is 7. The Morgan fingerprint density at radius 3 is 2.06 bits per heavy atom. The number of aliphatic hydroxyl groups is 5. The average molecular weight is 491 g/mol. The third kappa shape index (κ3) is 3.46. The molecule has 0 bridgehead atoms. The summed E-state index contributed by atoms with van der Waals surface area (Å²) in [7, 11) is 2.19. The van der Waals surface area contributed by atoms with Crippen LogP contribution in [0.15, 0.2) is 30.3 Å². The molecule has 1 atom stereocenters. The highest BCUT2D eigenvalue weighted by Gasteiger charge is 2.75. The summed E-state index contributed by atoms with van der Waals surface area (Å²) in [6.45, 7) is 1.36. The minimum atomic E-state index is -3.69. The molecule has 2 aromatic rings. The zero-order chi connectivity index (χ0) is 25.8. The maximum absolute atomic E-state index is 13.3. The lowest BCUT2D eigenvalue weighted by molar-refractivity contribution is -0.375. The first kappa shape index (κ1) is 25.2. The van der Waals surface area contributed by atoms with Gasteiger partial charge in [0, 0.05) is 12.5 Å². The van der Waals surface area contributed by atoms with Gasteiger partial charge in [-0.25, -0.2) is 0 Å². The van der Waals surface area contributed by atoms with Gasteiger partial charge in [0.05, 0.1) is 25.3 Å². The van der Waals surface area contributed by atoms with E-state index in [1.165, 1.54) is 0 Å². The Balaban J connectivity index is 1.67. The van der Waals surface area contributed by atoms with E-state index < -0.39 is 63.0 Å². The summed E-state index contributed by atoms with van der Waals surface area (Å²) in [4.78, 5) is 15.4. The molecule has 0 aromatic heterocycles. The number of carbonyl (C=O) groups is 1. The molecule has 2 aliphatic rings. The van der Waals surface area contributed by atoms with Crippen LogP contribution < -0.4 is 9.47 Å². The number of fused-ring (bicyclic) bond motifs is 1. The normalized spacial score (nSPS) is 22.8. The number of phenols is 2. The first-order valence-electron chi connectivity index (χ1n) is 11.1. The number of phenolic OH excluding ortho intramolecular Hbond substituents is 2. The summed E-state index contributed by atoms with van der Waals surface area (Å²) in [5, 5.41) is 76.6. The van der Waals surface area contributed by atoms with Crippen LogP contribution in [0.2, 0.25) is 0 Å². The molecule has 1 heterocycles. The van der Waals surface area contributed by atoms with Crippen LogP contribution in [0.5, 0.6) is 23.0 Å². The fourth-order valence-corrected chi connectivity index (χ4v) is 5.19. The Morgan fingerprint density at radius 2 is 1.51 bits per heavy atom. The van der Waals surface area contributed by atoms with Gasteiger partial charge in [-0.1, -0.05) is 30.3 Å². The van der Waals surface area contributed by atoms with Crippen molar-refractivity contribution in [2.75, 3.05) is 27.3 Å². The predicted molar refractivity (Wildman–Crippen MR) is 120 cm³/mol. The Kier molecular flexibility index (Phi) is 6.20. The van der Waals surface area contributed by atoms with Crippen LogP contribution in [-0.2, 0) is 12.3 Å². The van der Waals surface area contributed by atoms with Gasteiger partial charge in [-0.3, -0.25) is 9.69 Å². The van der Waals surface area contributed by atoms with Crippen LogP contribution in [0.25, 0.3) is 0 Å². The molecule has 0 radical (unpaired) electrons. The summed E-state index contributed by atoms with van der Waals surface area (Å²) in [6.07, 6.45) is 0.207. The van der Waals surface area contributed by atoms with Gasteiger partial charge < -0.3 is 45.2 Å². The fourth-order valence-electron chi connectivity index (χ4n) is 5.19. The summed E-state index contributed by atoms with van der Waals surface area (Å²) < 4.78 is 9.91. The van der Waals surface area contributed by atoms with E-state index in [2.05, 4.69) is 4.90 Å². The molecule has 2 aromatic carbocycles. The molecule has 1 unspecified atom stereocenters. The highest BCUT2D eigenvalue weighted by atomic mass is 16.6. The first-order valence-corrected chi connectivity index (χ1v) is 11.1. The predicted octanol–water partition coefficient (Wildman–Crippen LogP) is -0.227. The second-order valence-electron chi connectivity index (χ2n) is 8.99. The van der Waals surface area contributed by atoms with Crippen LogP contribution in [0.3, 0.4) is 0 Å². The lowest BCUT2D eigenvalue weighted by atomic mass is 9.73. The van der Waals surface area contributed by atoms with Gasteiger partial charge in [-0.2, -0.15) is 0 Å². The van der Waals surface area contributed by atoms with Crippen molar-refractivity contribution < 1.29 is 50.0 Å². The number of benzene rings is 2. The molecular formula is C24H29NO10. The second-order valence-corrected chi connectivity index (χ2v) is 8.99. The number of ketones is 1. The van der Waals surface area contributed by atoms with Gasteiger partial charge >= 0.3 is 0 Å². The lowest BCUT2D eigenvalue weighted by Gasteiger charge is -2.47. The van der Waals surface area contributed by atoms with E-state index in [0.717, 1.165) is 19.8 Å². The van der Waals surface area contributed by atoms with Crippen molar-refractivity contribution >= 4 is 5.78 Å². The van der Waals surface area contributed by atoms with E-state index in [9.17, 15) is 40.5 Å². The van der Waals surface area contributed by atoms with Gasteiger partial charge in [0.2, 0.25) is 34.5 Å². The summed E-state index contributed by atoms with van der Waals surface area (Å²) in [6, 6.07) is 9.63. The first-order chi connectivity index (χ1) is 16.4. The van der Waals surface area contributed by atoms with E-state index >= 15 is 0 Å². The molecule has 1 aliphatic heterocycles. The number of nitrogens with zero attached hydrogens (tertiary/aromatic N) is 1. The number of Topliss-reactive ketones (excluding diaryl/α,β-unsaturated/α-hetero) is 1. The monoisotopic (exact) mass is 491 g/mol. The van der Waals surface area contributed by atoms with Crippen molar-refractivity contribution in [2.24, 2.45) is 5.92 Å². The Morgan fingerprint density at radius 1 is 0.971 bits per heavy atom. The molecule has 11 heteroatoms. The number of hydrogen-bond acceptors (Lipinski definition) is 11. The van der Waals surface area contributed by atoms with Crippen LogP contribution in [0, 0.1) is 5.92 Å². The summed E-state index contributed by atoms with van der Waals surface area (Å²) in [5.74, 6) is -12.8. The van der Waals surface area contributed by atoms with Crippen LogP contribution >= 0.6 is 0 Å². The lowest BCUT2D eigenvalue weighted by Crippen LogP contribution is -2.70. The highest BCUT2D eigenvalue weighted by molar-refractivity contribution is 6.12. The van der Waals surface area contributed by atoms with Crippen molar-refractivity contribution in [3.63, 3.8) is 0 Å². The van der Waals surface area contributed by atoms with E-state index in [-0.39, 0.29) is 12.8 Å². The zero-order valence-electron chi connectivity index (χ0n) is 19.3. The van der Waals surface area contributed by atoms with Crippen molar-refractivity contribution in [1.29, 1.82) is 0 Å². The third-order valence-corrected chi connectivity index (χ3v) is 7.12. The average Bonchev–Trinajstić information content (AvgIpc) is 3.00. The number of rotatable bonds is 6. The van der Waals surface area contributed by atoms with Crippen molar-refractivity contribution in [2.45, 2.75) is 36.6 Å². The molecule has 4 rings (SSSR count). The molecule has 1 aliphatic carbocycles. The van der Waals surface area contributed by atoms with Crippen molar-refractivity contribution in [1.82, 2.24) is 4.90 Å². The summed E-state index contributed by atoms with van der Waals surface area (Å²) in [5.41, 5.74) is -4.51. The largest absolute Gasteiger partial charge is 0.504 e. The number of carbonyl (C=O) groups excluding carboxylic acids is 1. The highest BCUT2D eigenvalue weighted by Crippen LogP contribution is 2.60. The number of methoxy groups -OCH3 is 2. The van der Waals surface area contributed by atoms with Crippen molar-refractivity contribution in [3.05, 3.63) is 47.0 Å². The quantitative estimate of drug-likeness (QED) is 0.210. The zero-order valence-corrected chi connectivity index (χ0v) is 19.3. The molecule has 0 amide bonds. The molecule has 35 heavy (non-hydrogen) atoms. The standard InChI is InChI=1S/C24H29NO10/c1-34-19-17(26)15-16(18(27)20(19)35-2)24(32,33)22(29,21(15)28)23(30,31)14-8-10-25(11-9-14)12-13-6-4-3-5-7-13/h3-7,14,26-27,29-33H,8-12H2,1-2H3. The maximum atomic E-state index is 13.3. The van der Waals surface area contributed by atoms with E-state index in [0.29, 0.717) is 19.6 Å². The molecule has 1 fully saturated rings. The number of aromatic hydroxyl groups is 2. The van der Waals surface area contributed by atoms with E-state index in [4.69, 9.17) is 9.47 Å². The molecular weight excluding hydrogens is 462 g/mol. The van der Waals surface area contributed by atoms with Gasteiger partial charge in [0.15, 0.2) is 11.5 Å². The van der Waals surface area contributed by atoms with E-state index in [1.807, 2.05) is 30.3 Å². The SMILES string of the molecule is COc1c(O)c2c(c(O)c1OC)C(O)(O)C(O)(C(O)(O)C1CCN(Cc3ccccc3)CC1)C2=O. The maximum Gasteiger partial charge on any atom is 0.240 e. The Bertz CT molecular complexity index is 1130.